The summed E-state index contributed by atoms with van der Waals surface area (Å²) in [5.41, 5.74) is 24.9. The summed E-state index contributed by atoms with van der Waals surface area (Å²) in [6.45, 7) is 0. The van der Waals surface area contributed by atoms with E-state index in [1.165, 1.54) is 69.0 Å². The van der Waals surface area contributed by atoms with Gasteiger partial charge in [-0.25, -0.2) is 29.9 Å². The molecule has 18 aromatic carbocycles. The van der Waals surface area contributed by atoms with E-state index < -0.39 is 0 Å². The van der Waals surface area contributed by atoms with Crippen molar-refractivity contribution in [2.75, 3.05) is 9.80 Å². The summed E-state index contributed by atoms with van der Waals surface area (Å²) in [7, 11) is 0. The lowest BCUT2D eigenvalue weighted by atomic mass is 9.98. The van der Waals surface area contributed by atoms with Crippen LogP contribution in [0.1, 0.15) is 0 Å². The van der Waals surface area contributed by atoms with Crippen LogP contribution >= 0.6 is 22.7 Å². The molecule has 0 saturated heterocycles. The van der Waals surface area contributed by atoms with Crippen LogP contribution in [0.2, 0.25) is 0 Å². The van der Waals surface area contributed by atoms with Crippen LogP contribution in [0.4, 0.5) is 34.1 Å². The van der Waals surface area contributed by atoms with E-state index in [2.05, 4.69) is 343 Å². The maximum absolute atomic E-state index is 6.54. The van der Waals surface area contributed by atoms with Crippen molar-refractivity contribution in [3.05, 3.63) is 449 Å². The van der Waals surface area contributed by atoms with Gasteiger partial charge in [-0.15, -0.1) is 22.7 Å². The second kappa shape index (κ2) is 33.1. The highest BCUT2D eigenvalue weighted by atomic mass is 32.1. The summed E-state index contributed by atoms with van der Waals surface area (Å²) in [5.74, 6) is 3.62. The third-order valence-electron chi connectivity index (χ3n) is 23.1. The van der Waals surface area contributed by atoms with Crippen LogP contribution in [-0.4, -0.2) is 29.9 Å². The smallest absolute Gasteiger partial charge is 0.167 e. The number of hydrogen-bond donors (Lipinski definition) is 0. The van der Waals surface area contributed by atoms with Gasteiger partial charge in [0.15, 0.2) is 34.9 Å². The third kappa shape index (κ3) is 14.9. The number of para-hydroxylation sites is 2. The van der Waals surface area contributed by atoms with E-state index >= 15 is 0 Å². The second-order valence-electron chi connectivity index (χ2n) is 30.8. The highest BCUT2D eigenvalue weighted by Crippen LogP contribution is 2.51. The lowest BCUT2D eigenvalue weighted by molar-refractivity contribution is 0.669. The van der Waals surface area contributed by atoms with Crippen molar-refractivity contribution >= 4 is 119 Å². The van der Waals surface area contributed by atoms with Gasteiger partial charge in [-0.3, -0.25) is 0 Å². The minimum absolute atomic E-state index is 0.548. The van der Waals surface area contributed by atoms with Crippen LogP contribution in [0.25, 0.3) is 186 Å². The van der Waals surface area contributed by atoms with E-state index in [1.807, 2.05) is 127 Å². The number of rotatable bonds is 17. The molecule has 588 valence electrons. The number of fused-ring (bicyclic) bond motifs is 9. The quantitative estimate of drug-likeness (QED) is 0.0883. The van der Waals surface area contributed by atoms with Crippen molar-refractivity contribution in [3.8, 4) is 124 Å². The number of anilines is 6. The molecule has 0 atom stereocenters. The van der Waals surface area contributed by atoms with Gasteiger partial charge in [0.2, 0.25) is 0 Å². The molecular weight excluding hydrogens is 1560 g/mol. The van der Waals surface area contributed by atoms with Crippen molar-refractivity contribution in [2.24, 2.45) is 0 Å². The largest absolute Gasteiger partial charge is 0.455 e. The molecule has 11 heteroatoms. The first-order chi connectivity index (χ1) is 61.9. The molecule has 9 nitrogen and oxygen atoms in total. The van der Waals surface area contributed by atoms with E-state index in [4.69, 9.17) is 34.3 Å². The zero-order valence-corrected chi connectivity index (χ0v) is 69.2. The predicted octanol–water partition coefficient (Wildman–Crippen LogP) is 31.7. The number of nitrogens with zero attached hydrogens (tertiary/aromatic N) is 8. The fourth-order valence-electron chi connectivity index (χ4n) is 16.9. The summed E-state index contributed by atoms with van der Waals surface area (Å²) < 4.78 is 11.4. The highest BCUT2D eigenvalue weighted by molar-refractivity contribution is 7.26. The first kappa shape index (κ1) is 75.1. The van der Waals surface area contributed by atoms with Gasteiger partial charge >= 0.3 is 0 Å². The fourth-order valence-corrected chi connectivity index (χ4v) is 19.3. The zero-order chi connectivity index (χ0) is 82.9. The molecule has 5 aromatic heterocycles. The number of benzene rings is 18. The molecule has 0 N–H and O–H groups in total. The molecule has 0 aliphatic carbocycles. The average molecular weight is 1640 g/mol. The standard InChI is InChI=1S/C57H36N4OS.C57H38N4S/c1-4-15-37(16-5-1)39-27-31-43(32-28-39)61(44-33-29-40(30-34-44)38-17-6-2-7-18-38)49-35-42(36-52-53(49)47-22-11-13-26-51(47)63-52)56-58-55(41-19-8-3-9-20-41)59-57(60-56)48-24-14-23-46-45-21-10-12-25-50(45)62-54(46)48;1-5-16-39(17-6-1)41-28-32-48(33-29-41)61(49-34-30-42(31-35-49)40-18-7-2-8-19-40)51-37-47(38-53-54(51)50-26-13-14-27-52(50)62-53)45-24-15-25-46(36-45)57-59-55(43-20-9-3-10-21-43)58-56(60-57)44-22-11-4-12-23-44/h1-36H;1-38H. The first-order valence-electron chi connectivity index (χ1n) is 41.8. The summed E-state index contributed by atoms with van der Waals surface area (Å²) >= 11 is 3.62. The van der Waals surface area contributed by atoms with Crippen molar-refractivity contribution < 1.29 is 4.42 Å². The lowest BCUT2D eigenvalue weighted by Crippen LogP contribution is -2.11. The van der Waals surface area contributed by atoms with Gasteiger partial charge in [-0.2, -0.15) is 0 Å². The minimum Gasteiger partial charge on any atom is -0.455 e. The van der Waals surface area contributed by atoms with E-state index in [1.54, 1.807) is 11.3 Å². The molecular formula is C114H74N8OS2. The molecule has 0 amide bonds. The SMILES string of the molecule is c1ccc(-c2ccc(N(c3ccc(-c4ccccc4)cc3)c3cc(-c4cccc(-c5nc(-c6ccccc6)nc(-c6ccccc6)n5)c4)cc4sc5ccccc5c34)cc2)cc1.c1ccc(-c2ccc(N(c3ccc(-c4ccccc4)cc3)c3cc(-c4nc(-c5ccccc5)nc(-c5cccc6c5oc5ccccc56)n4)cc4sc5ccccc5c34)cc2)cc1. The molecule has 5 heterocycles. The van der Waals surface area contributed by atoms with Gasteiger partial charge in [0.05, 0.1) is 16.9 Å². The molecule has 0 unspecified atom stereocenters. The van der Waals surface area contributed by atoms with Gasteiger partial charge in [-0.1, -0.05) is 346 Å². The Morgan fingerprint density at radius 1 is 0.184 bits per heavy atom. The molecule has 0 saturated carbocycles. The molecule has 0 spiro atoms. The Morgan fingerprint density at radius 3 is 0.880 bits per heavy atom. The van der Waals surface area contributed by atoms with Crippen molar-refractivity contribution in [1.29, 1.82) is 0 Å². The number of hydrogen-bond acceptors (Lipinski definition) is 11. The van der Waals surface area contributed by atoms with E-state index in [0.29, 0.717) is 34.9 Å². The monoisotopic (exact) mass is 1630 g/mol. The second-order valence-corrected chi connectivity index (χ2v) is 33.0. The van der Waals surface area contributed by atoms with E-state index in [9.17, 15) is 0 Å². The lowest BCUT2D eigenvalue weighted by Gasteiger charge is -2.27. The van der Waals surface area contributed by atoms with Gasteiger partial charge < -0.3 is 14.2 Å². The van der Waals surface area contributed by atoms with Crippen LogP contribution in [0.3, 0.4) is 0 Å². The topological polar surface area (TPSA) is 97.0 Å². The number of aromatic nitrogens is 6. The van der Waals surface area contributed by atoms with E-state index in [-0.39, 0.29) is 0 Å². The predicted molar refractivity (Wildman–Crippen MR) is 522 cm³/mol. The molecule has 0 fully saturated rings. The Bertz CT molecular complexity index is 7630. The molecule has 0 aliphatic heterocycles. The number of thiophene rings is 2. The van der Waals surface area contributed by atoms with Crippen LogP contribution in [-0.2, 0) is 0 Å². The van der Waals surface area contributed by atoms with Gasteiger partial charge in [0, 0.05) is 102 Å². The summed E-state index contributed by atoms with van der Waals surface area (Å²) in [6, 6.07) is 158. The van der Waals surface area contributed by atoms with Crippen molar-refractivity contribution in [1.82, 2.24) is 29.9 Å². The maximum Gasteiger partial charge on any atom is 0.167 e. The molecule has 0 aliphatic rings. The summed E-state index contributed by atoms with van der Waals surface area (Å²) in [6.07, 6.45) is 0. The van der Waals surface area contributed by atoms with Crippen LogP contribution in [0, 0.1) is 0 Å². The molecule has 125 heavy (non-hydrogen) atoms. The summed E-state index contributed by atoms with van der Waals surface area (Å²) in [4.78, 5) is 35.6. The Balaban J connectivity index is 0.000000148. The minimum atomic E-state index is 0.548. The van der Waals surface area contributed by atoms with Crippen LogP contribution < -0.4 is 9.80 Å². The first-order valence-corrected chi connectivity index (χ1v) is 43.4. The van der Waals surface area contributed by atoms with Crippen LogP contribution in [0.5, 0.6) is 0 Å². The molecule has 0 bridgehead atoms. The Kier molecular flexibility index (Phi) is 19.9. The molecule has 0 radical (unpaired) electrons. The number of furan rings is 1. The van der Waals surface area contributed by atoms with Crippen molar-refractivity contribution in [3.63, 3.8) is 0 Å². The Morgan fingerprint density at radius 2 is 0.472 bits per heavy atom. The highest BCUT2D eigenvalue weighted by Gasteiger charge is 2.27. The third-order valence-corrected chi connectivity index (χ3v) is 25.3. The van der Waals surface area contributed by atoms with E-state index in [0.717, 1.165) is 116 Å². The van der Waals surface area contributed by atoms with Gasteiger partial charge in [0.1, 0.15) is 11.2 Å². The van der Waals surface area contributed by atoms with Crippen molar-refractivity contribution in [2.45, 2.75) is 0 Å². The average Bonchev–Trinajstić information content (AvgIpc) is 1.66. The molecule has 23 rings (SSSR count). The fraction of sp³-hybridized carbons (Fsp3) is 0. The normalized spacial score (nSPS) is 11.4. The summed E-state index contributed by atoms with van der Waals surface area (Å²) in [5, 5.41) is 6.91. The van der Waals surface area contributed by atoms with Gasteiger partial charge in [0.25, 0.3) is 0 Å². The zero-order valence-electron chi connectivity index (χ0n) is 67.5. The Labute approximate surface area is 730 Å². The van der Waals surface area contributed by atoms with Crippen LogP contribution in [0.15, 0.2) is 453 Å². The maximum atomic E-state index is 6.54. The Hall–Kier alpha value is -16.2. The van der Waals surface area contributed by atoms with Gasteiger partial charge in [-0.05, 0) is 159 Å². The molecule has 23 aromatic rings.